The lowest BCUT2D eigenvalue weighted by Crippen LogP contribution is -2.32. The van der Waals surface area contributed by atoms with Crippen LogP contribution in [0.5, 0.6) is 5.75 Å². The number of para-hydroxylation sites is 1. The van der Waals surface area contributed by atoms with Crippen molar-refractivity contribution in [2.75, 3.05) is 14.1 Å². The quantitative estimate of drug-likeness (QED) is 0.336. The van der Waals surface area contributed by atoms with Gasteiger partial charge in [-0.05, 0) is 43.5 Å². The summed E-state index contributed by atoms with van der Waals surface area (Å²) < 4.78 is 34.5. The minimum Gasteiger partial charge on any atom is -0.487 e. The first-order chi connectivity index (χ1) is 17.7. The van der Waals surface area contributed by atoms with E-state index in [1.165, 1.54) is 0 Å². The summed E-state index contributed by atoms with van der Waals surface area (Å²) in [5, 5.41) is 1.04. The van der Waals surface area contributed by atoms with Crippen LogP contribution in [0.3, 0.4) is 0 Å². The smallest absolute Gasteiger partial charge is 0.214 e. The van der Waals surface area contributed by atoms with Gasteiger partial charge in [-0.15, -0.1) is 0 Å². The molecule has 0 spiro atoms. The normalized spacial score (nSPS) is 14.8. The summed E-state index contributed by atoms with van der Waals surface area (Å²) >= 11 is 6.49. The van der Waals surface area contributed by atoms with Crippen LogP contribution in [0.1, 0.15) is 48.1 Å². The van der Waals surface area contributed by atoms with Crippen molar-refractivity contribution in [1.82, 2.24) is 19.6 Å². The van der Waals surface area contributed by atoms with Gasteiger partial charge in [0.25, 0.3) is 0 Å². The van der Waals surface area contributed by atoms with E-state index in [1.807, 2.05) is 50.2 Å². The van der Waals surface area contributed by atoms with E-state index in [9.17, 15) is 8.42 Å². The first-order valence-corrected chi connectivity index (χ1v) is 14.3. The number of rotatable bonds is 10. The van der Waals surface area contributed by atoms with Gasteiger partial charge < -0.3 is 9.64 Å². The van der Waals surface area contributed by atoms with Crippen molar-refractivity contribution >= 4 is 38.2 Å². The van der Waals surface area contributed by atoms with Crippen molar-refractivity contribution in [3.05, 3.63) is 82.8 Å². The molecule has 1 aromatic carbocycles. The predicted molar refractivity (Wildman–Crippen MR) is 150 cm³/mol. The minimum absolute atomic E-state index is 0.112. The zero-order valence-electron chi connectivity index (χ0n) is 21.5. The number of halogens is 1. The summed E-state index contributed by atoms with van der Waals surface area (Å²) in [6.45, 7) is 6.07. The molecule has 0 radical (unpaired) electrons. The summed E-state index contributed by atoms with van der Waals surface area (Å²) in [6.07, 6.45) is 10.2. The second-order valence-corrected chi connectivity index (χ2v) is 11.9. The number of fused-ring (bicyclic) bond motifs is 1. The van der Waals surface area contributed by atoms with Crippen LogP contribution in [0.4, 0.5) is 0 Å². The van der Waals surface area contributed by atoms with E-state index in [1.54, 1.807) is 18.5 Å². The predicted octanol–water partition coefficient (Wildman–Crippen LogP) is 5.62. The van der Waals surface area contributed by atoms with Crippen LogP contribution >= 0.6 is 11.6 Å². The van der Waals surface area contributed by atoms with Gasteiger partial charge in [-0.1, -0.05) is 49.2 Å². The Morgan fingerprint density at radius 3 is 2.73 bits per heavy atom. The van der Waals surface area contributed by atoms with E-state index in [-0.39, 0.29) is 18.4 Å². The number of hydrogen-bond donors (Lipinski definition) is 1. The van der Waals surface area contributed by atoms with Gasteiger partial charge in [-0.3, -0.25) is 4.98 Å². The van der Waals surface area contributed by atoms with Gasteiger partial charge in [0, 0.05) is 60.9 Å². The second-order valence-electron chi connectivity index (χ2n) is 9.47. The lowest BCUT2D eigenvalue weighted by molar-refractivity contribution is 0.308. The topological polar surface area (TPSA) is 84.4 Å². The van der Waals surface area contributed by atoms with E-state index in [4.69, 9.17) is 21.3 Å². The maximum Gasteiger partial charge on any atom is 0.214 e. The van der Waals surface area contributed by atoms with Gasteiger partial charge in [-0.2, -0.15) is 0 Å². The molecule has 1 aliphatic rings. The largest absolute Gasteiger partial charge is 0.487 e. The number of nitrogens with zero attached hydrogens (tertiary/aromatic N) is 3. The molecule has 2 aromatic heterocycles. The molecule has 1 fully saturated rings. The SMILES string of the molecule is C=C/C=C(/c1cc(C)nc2c(OCc3c(Cl)cncc3CNS(=O)(=O)C3CCCC3)cccc12)N(C)C. The fraction of sp³-hybridized carbons (Fsp3) is 0.357. The van der Waals surface area contributed by atoms with Crippen LogP contribution in [0.2, 0.25) is 5.02 Å². The standard InChI is InChI=1S/C28H33ClN4O3S/c1-5-9-26(33(3)4)23-14-19(2)32-28-22(23)12-8-13-27(28)36-18-24-20(15-30-17-25(24)29)16-31-37(34,35)21-10-6-7-11-21/h5,8-9,12-15,17,21,31H,1,6-7,10-11,16,18H2,2-4H3/b26-9-. The fourth-order valence-electron chi connectivity index (χ4n) is 4.73. The van der Waals surface area contributed by atoms with Crippen molar-refractivity contribution in [2.45, 2.75) is 51.0 Å². The van der Waals surface area contributed by atoms with Crippen LogP contribution < -0.4 is 9.46 Å². The molecule has 0 unspecified atom stereocenters. The number of aromatic nitrogens is 2. The lowest BCUT2D eigenvalue weighted by Gasteiger charge is -2.20. The maximum absolute atomic E-state index is 12.7. The Labute approximate surface area is 224 Å². The third-order valence-corrected chi connectivity index (χ3v) is 8.86. The fourth-order valence-corrected chi connectivity index (χ4v) is 6.51. The molecule has 1 N–H and O–H groups in total. The first kappa shape index (κ1) is 27.1. The molecule has 0 saturated heterocycles. The van der Waals surface area contributed by atoms with Crippen LogP contribution in [-0.4, -0.2) is 42.6 Å². The molecular formula is C28H33ClN4O3S. The summed E-state index contributed by atoms with van der Waals surface area (Å²) in [5.74, 6) is 0.615. The molecule has 1 aliphatic carbocycles. The summed E-state index contributed by atoms with van der Waals surface area (Å²) in [4.78, 5) is 11.0. The van der Waals surface area contributed by atoms with E-state index >= 15 is 0 Å². The third kappa shape index (κ3) is 6.14. The zero-order chi connectivity index (χ0) is 26.6. The average molecular weight is 541 g/mol. The molecule has 7 nitrogen and oxygen atoms in total. The van der Waals surface area contributed by atoms with Crippen molar-refractivity contribution in [3.63, 3.8) is 0 Å². The number of hydrogen-bond acceptors (Lipinski definition) is 6. The van der Waals surface area contributed by atoms with Gasteiger partial charge in [-0.25, -0.2) is 18.1 Å². The highest BCUT2D eigenvalue weighted by Gasteiger charge is 2.28. The van der Waals surface area contributed by atoms with Gasteiger partial charge in [0.15, 0.2) is 0 Å². The lowest BCUT2D eigenvalue weighted by atomic mass is 10.0. The minimum atomic E-state index is -3.40. The number of aryl methyl sites for hydroxylation is 1. The molecular weight excluding hydrogens is 508 g/mol. The number of benzene rings is 1. The summed E-state index contributed by atoms with van der Waals surface area (Å²) in [6, 6.07) is 7.88. The molecule has 9 heteroatoms. The Kier molecular flexibility index (Phi) is 8.52. The van der Waals surface area contributed by atoms with Gasteiger partial charge in [0.05, 0.1) is 10.3 Å². The van der Waals surface area contributed by atoms with E-state index in [0.29, 0.717) is 34.7 Å². The number of sulfonamides is 1. The maximum atomic E-state index is 12.7. The van der Waals surface area contributed by atoms with Crippen molar-refractivity contribution < 1.29 is 13.2 Å². The molecule has 4 rings (SSSR count). The van der Waals surface area contributed by atoms with E-state index < -0.39 is 10.0 Å². The Bertz CT molecular complexity index is 1430. The zero-order valence-corrected chi connectivity index (χ0v) is 23.1. The highest BCUT2D eigenvalue weighted by molar-refractivity contribution is 7.90. The van der Waals surface area contributed by atoms with Crippen molar-refractivity contribution in [2.24, 2.45) is 0 Å². The molecule has 37 heavy (non-hydrogen) atoms. The monoisotopic (exact) mass is 540 g/mol. The van der Waals surface area contributed by atoms with E-state index in [2.05, 4.69) is 22.4 Å². The Hall–Kier alpha value is -2.94. The third-order valence-electron chi connectivity index (χ3n) is 6.64. The van der Waals surface area contributed by atoms with Gasteiger partial charge in [0.1, 0.15) is 17.9 Å². The number of pyridine rings is 2. The van der Waals surface area contributed by atoms with Gasteiger partial charge in [0.2, 0.25) is 10.0 Å². The van der Waals surface area contributed by atoms with E-state index in [0.717, 1.165) is 40.7 Å². The molecule has 0 amide bonds. The van der Waals surface area contributed by atoms with Crippen molar-refractivity contribution in [1.29, 1.82) is 0 Å². The Balaban J connectivity index is 1.62. The van der Waals surface area contributed by atoms with Crippen molar-refractivity contribution in [3.8, 4) is 5.75 Å². The summed E-state index contributed by atoms with van der Waals surface area (Å²) in [7, 11) is 0.581. The second kappa shape index (κ2) is 11.6. The molecule has 2 heterocycles. The first-order valence-electron chi connectivity index (χ1n) is 12.3. The van der Waals surface area contributed by atoms with Gasteiger partial charge >= 0.3 is 0 Å². The summed E-state index contributed by atoms with van der Waals surface area (Å²) in [5.41, 5.74) is 5.01. The Morgan fingerprint density at radius 2 is 2.03 bits per heavy atom. The van der Waals surface area contributed by atoms with Crippen LogP contribution in [0.15, 0.2) is 55.4 Å². The molecule has 0 bridgehead atoms. The number of nitrogens with one attached hydrogen (secondary N) is 1. The van der Waals surface area contributed by atoms with Crippen LogP contribution in [-0.2, 0) is 23.2 Å². The molecule has 0 aliphatic heterocycles. The highest BCUT2D eigenvalue weighted by atomic mass is 35.5. The van der Waals surface area contributed by atoms with Crippen LogP contribution in [0.25, 0.3) is 16.6 Å². The molecule has 196 valence electrons. The van der Waals surface area contributed by atoms with Crippen LogP contribution in [0, 0.1) is 6.92 Å². The molecule has 0 atom stereocenters. The highest BCUT2D eigenvalue weighted by Crippen LogP contribution is 2.33. The number of allylic oxidation sites excluding steroid dienone is 2. The molecule has 3 aromatic rings. The Morgan fingerprint density at radius 1 is 1.27 bits per heavy atom. The average Bonchev–Trinajstić information content (AvgIpc) is 3.41. The number of ether oxygens (including phenoxy) is 1. The molecule has 1 saturated carbocycles.